The first kappa shape index (κ1) is 21.9. The van der Waals surface area contributed by atoms with Gasteiger partial charge in [0, 0.05) is 12.2 Å². The Balaban J connectivity index is 2.53. The van der Waals surface area contributed by atoms with Gasteiger partial charge in [-0.25, -0.2) is 13.6 Å². The summed E-state index contributed by atoms with van der Waals surface area (Å²) >= 11 is 6.12. The minimum Gasteiger partial charge on any atom is -0.461 e. The molecule has 2 rings (SSSR count). The molecule has 0 amide bonds. The van der Waals surface area contributed by atoms with Crippen LogP contribution in [0.4, 0.5) is 27.6 Å². The van der Waals surface area contributed by atoms with Crippen LogP contribution in [0.3, 0.4) is 0 Å². The number of ether oxygens (including phenoxy) is 1. The number of anilines is 1. The van der Waals surface area contributed by atoms with Crippen LogP contribution < -0.4 is 5.32 Å². The van der Waals surface area contributed by atoms with Gasteiger partial charge >= 0.3 is 12.1 Å². The normalized spacial score (nSPS) is 12.8. The van der Waals surface area contributed by atoms with Crippen LogP contribution in [0, 0.1) is 11.6 Å². The fourth-order valence-electron chi connectivity index (χ4n) is 2.45. The molecule has 2 aromatic rings. The summed E-state index contributed by atoms with van der Waals surface area (Å²) in [5.41, 5.74) is -1.53. The molecule has 0 aliphatic heterocycles. The molecule has 1 N–H and O–H groups in total. The highest BCUT2D eigenvalue weighted by Crippen LogP contribution is 2.36. The number of halogens is 6. The van der Waals surface area contributed by atoms with Crippen molar-refractivity contribution < 1.29 is 31.5 Å². The highest BCUT2D eigenvalue weighted by molar-refractivity contribution is 6.35. The van der Waals surface area contributed by atoms with Gasteiger partial charge < -0.3 is 10.1 Å². The van der Waals surface area contributed by atoms with Crippen molar-refractivity contribution in [1.82, 2.24) is 9.78 Å². The Morgan fingerprint density at radius 3 is 2.32 bits per heavy atom. The minimum atomic E-state index is -4.59. The lowest BCUT2D eigenvalue weighted by molar-refractivity contribution is -0.138. The number of rotatable bonds is 6. The molecule has 1 aromatic heterocycles. The van der Waals surface area contributed by atoms with Gasteiger partial charge in [-0.05, 0) is 32.9 Å². The predicted molar refractivity (Wildman–Crippen MR) is 93.4 cm³/mol. The third-order valence-corrected chi connectivity index (χ3v) is 4.17. The second kappa shape index (κ2) is 8.34. The van der Waals surface area contributed by atoms with Gasteiger partial charge in [0.2, 0.25) is 0 Å². The average Bonchev–Trinajstić information content (AvgIpc) is 2.90. The van der Waals surface area contributed by atoms with Gasteiger partial charge in [0.15, 0.2) is 5.69 Å². The van der Waals surface area contributed by atoms with Crippen molar-refractivity contribution in [2.45, 2.75) is 39.5 Å². The maximum Gasteiger partial charge on any atom is 0.408 e. The first-order valence-electron chi connectivity index (χ1n) is 8.27. The van der Waals surface area contributed by atoms with Crippen molar-refractivity contribution in [2.24, 2.45) is 0 Å². The maximum atomic E-state index is 14.6. The van der Waals surface area contributed by atoms with E-state index in [9.17, 15) is 26.7 Å². The fraction of sp³-hybridized carbons (Fsp3) is 0.412. The third-order valence-electron chi connectivity index (χ3n) is 3.82. The SMILES string of the molecule is CCOC(=O)c1nn(CC)c(-c2c(F)cc(N[C@H](C)C(F)(F)F)cc2F)c1Cl. The Labute approximate surface area is 162 Å². The van der Waals surface area contributed by atoms with Crippen molar-refractivity contribution in [3.63, 3.8) is 0 Å². The van der Waals surface area contributed by atoms with Crippen LogP contribution in [-0.4, -0.2) is 34.6 Å². The molecule has 28 heavy (non-hydrogen) atoms. The van der Waals surface area contributed by atoms with Gasteiger partial charge in [0.1, 0.15) is 22.7 Å². The van der Waals surface area contributed by atoms with Crippen molar-refractivity contribution in [2.75, 3.05) is 11.9 Å². The molecule has 0 unspecified atom stereocenters. The summed E-state index contributed by atoms with van der Waals surface area (Å²) in [7, 11) is 0. The summed E-state index contributed by atoms with van der Waals surface area (Å²) < 4.78 is 73.1. The van der Waals surface area contributed by atoms with Crippen molar-refractivity contribution in [3.8, 4) is 11.3 Å². The van der Waals surface area contributed by atoms with Gasteiger partial charge in [-0.15, -0.1) is 0 Å². The standard InChI is InChI=1S/C17H17ClF5N3O2/c1-4-26-15(13(18)14(25-26)16(27)28-5-2)12-10(19)6-9(7-11(12)20)24-8(3)17(21,22)23/h6-8,24H,4-5H2,1-3H3/t8-/m1/s1. The molecule has 11 heteroatoms. The average molecular weight is 426 g/mol. The first-order valence-corrected chi connectivity index (χ1v) is 8.65. The Kier molecular flexibility index (Phi) is 6.53. The zero-order valence-corrected chi connectivity index (χ0v) is 15.9. The molecule has 154 valence electrons. The van der Waals surface area contributed by atoms with Gasteiger partial charge in [0.25, 0.3) is 0 Å². The zero-order chi connectivity index (χ0) is 21.2. The summed E-state index contributed by atoms with van der Waals surface area (Å²) in [6.45, 7) is 4.16. The number of hydrogen-bond donors (Lipinski definition) is 1. The monoisotopic (exact) mass is 425 g/mol. The maximum absolute atomic E-state index is 14.6. The van der Waals surface area contributed by atoms with Gasteiger partial charge in [-0.1, -0.05) is 11.6 Å². The van der Waals surface area contributed by atoms with E-state index < -0.39 is 41.1 Å². The van der Waals surface area contributed by atoms with E-state index in [0.717, 1.165) is 11.6 Å². The molecule has 1 aromatic carbocycles. The van der Waals surface area contributed by atoms with Crippen LogP contribution in [0.1, 0.15) is 31.3 Å². The van der Waals surface area contributed by atoms with Gasteiger partial charge in [-0.3, -0.25) is 4.68 Å². The number of aryl methyl sites for hydroxylation is 1. The summed E-state index contributed by atoms with van der Waals surface area (Å²) in [5, 5.41) is 5.59. The molecule has 1 atom stereocenters. The second-order valence-electron chi connectivity index (χ2n) is 5.77. The van der Waals surface area contributed by atoms with E-state index in [4.69, 9.17) is 16.3 Å². The minimum absolute atomic E-state index is 0.0456. The van der Waals surface area contributed by atoms with Gasteiger partial charge in [0.05, 0.1) is 17.9 Å². The van der Waals surface area contributed by atoms with Crippen LogP contribution >= 0.6 is 11.6 Å². The summed E-state index contributed by atoms with van der Waals surface area (Å²) in [5.74, 6) is -3.19. The van der Waals surface area contributed by atoms with Crippen LogP contribution in [-0.2, 0) is 11.3 Å². The summed E-state index contributed by atoms with van der Waals surface area (Å²) in [6, 6.07) is -0.584. The molecule has 0 bridgehead atoms. The molecular weight excluding hydrogens is 409 g/mol. The lowest BCUT2D eigenvalue weighted by atomic mass is 10.1. The number of carbonyl (C=O) groups excluding carboxylic acids is 1. The topological polar surface area (TPSA) is 56.1 Å². The van der Waals surface area contributed by atoms with E-state index in [2.05, 4.69) is 5.10 Å². The smallest absolute Gasteiger partial charge is 0.408 e. The number of aromatic nitrogens is 2. The number of hydrogen-bond acceptors (Lipinski definition) is 4. The Morgan fingerprint density at radius 2 is 1.86 bits per heavy atom. The van der Waals surface area contributed by atoms with E-state index >= 15 is 0 Å². The number of carbonyl (C=O) groups is 1. The zero-order valence-electron chi connectivity index (χ0n) is 15.1. The van der Waals surface area contributed by atoms with E-state index in [-0.39, 0.29) is 29.6 Å². The van der Waals surface area contributed by atoms with E-state index in [1.54, 1.807) is 13.8 Å². The van der Waals surface area contributed by atoms with E-state index in [1.165, 1.54) is 0 Å². The predicted octanol–water partition coefficient (Wildman–Crippen LogP) is 5.04. The Bertz CT molecular complexity index is 859. The van der Waals surface area contributed by atoms with Gasteiger partial charge in [-0.2, -0.15) is 18.3 Å². The third kappa shape index (κ3) is 4.37. The number of esters is 1. The van der Waals surface area contributed by atoms with Crippen molar-refractivity contribution in [3.05, 3.63) is 34.5 Å². The molecule has 0 aliphatic carbocycles. The number of benzene rings is 1. The van der Waals surface area contributed by atoms with Crippen LogP contribution in [0.15, 0.2) is 12.1 Å². The molecule has 0 aliphatic rings. The molecule has 0 radical (unpaired) electrons. The number of nitrogens with one attached hydrogen (secondary N) is 1. The molecule has 0 saturated carbocycles. The van der Waals surface area contributed by atoms with E-state index in [0.29, 0.717) is 12.1 Å². The number of alkyl halides is 3. The largest absolute Gasteiger partial charge is 0.461 e. The molecule has 0 saturated heterocycles. The molecule has 5 nitrogen and oxygen atoms in total. The first-order chi connectivity index (χ1) is 13.0. The molecule has 0 spiro atoms. The van der Waals surface area contributed by atoms with Crippen LogP contribution in [0.25, 0.3) is 11.3 Å². The quantitative estimate of drug-likeness (QED) is 0.520. The lowest BCUT2D eigenvalue weighted by Crippen LogP contribution is -2.33. The van der Waals surface area contributed by atoms with Crippen LogP contribution in [0.2, 0.25) is 5.02 Å². The Morgan fingerprint density at radius 1 is 1.29 bits per heavy atom. The fourth-order valence-corrected chi connectivity index (χ4v) is 2.76. The highest BCUT2D eigenvalue weighted by atomic mass is 35.5. The molecule has 1 heterocycles. The second-order valence-corrected chi connectivity index (χ2v) is 6.15. The molecular formula is C17H17ClF5N3O2. The lowest BCUT2D eigenvalue weighted by Gasteiger charge is -2.19. The highest BCUT2D eigenvalue weighted by Gasteiger charge is 2.36. The van der Waals surface area contributed by atoms with Crippen molar-refractivity contribution >= 4 is 23.3 Å². The summed E-state index contributed by atoms with van der Waals surface area (Å²) in [4.78, 5) is 11.9. The Hall–Kier alpha value is -2.36. The summed E-state index contributed by atoms with van der Waals surface area (Å²) in [6.07, 6.45) is -4.59. The van der Waals surface area contributed by atoms with Crippen LogP contribution in [0.5, 0.6) is 0 Å². The number of nitrogens with zero attached hydrogens (tertiary/aromatic N) is 2. The molecule has 0 fully saturated rings. The van der Waals surface area contributed by atoms with E-state index in [1.807, 2.05) is 5.32 Å². The van der Waals surface area contributed by atoms with Crippen molar-refractivity contribution in [1.29, 1.82) is 0 Å².